The lowest BCUT2D eigenvalue weighted by molar-refractivity contribution is -0.139. The second-order valence-electron chi connectivity index (χ2n) is 6.06. The number of azo groups is 2. The number of aromatic nitrogens is 2. The van der Waals surface area contributed by atoms with Gasteiger partial charge in [0.15, 0.2) is 0 Å². The van der Waals surface area contributed by atoms with Gasteiger partial charge in [-0.1, -0.05) is 0 Å². The van der Waals surface area contributed by atoms with E-state index in [1.807, 2.05) is 0 Å². The number of anilines is 1. The Bertz CT molecular complexity index is 992. The van der Waals surface area contributed by atoms with Gasteiger partial charge in [0.25, 0.3) is 0 Å². The summed E-state index contributed by atoms with van der Waals surface area (Å²) in [5.74, 6) is -1.33. The van der Waals surface area contributed by atoms with E-state index in [1.54, 1.807) is 18.5 Å². The first kappa shape index (κ1) is 28.2. The third-order valence-corrected chi connectivity index (χ3v) is 3.62. The molecule has 0 saturated carbocycles. The molecule has 0 aliphatic rings. The molecule has 1 unspecified atom stereocenters. The van der Waals surface area contributed by atoms with Gasteiger partial charge in [-0.3, -0.25) is 0 Å². The summed E-state index contributed by atoms with van der Waals surface area (Å²) in [6.45, 7) is -0.188. The molecule has 1 atom stereocenters. The maximum Gasteiger partial charge on any atom is 0.341 e. The van der Waals surface area contributed by atoms with Crippen molar-refractivity contribution < 1.29 is 28.7 Å². The lowest BCUT2D eigenvalue weighted by Gasteiger charge is -2.06. The lowest BCUT2D eigenvalue weighted by Crippen LogP contribution is -2.16. The molecule has 15 nitrogen and oxygen atoms in total. The van der Waals surface area contributed by atoms with Crippen LogP contribution in [0.2, 0.25) is 0 Å². The van der Waals surface area contributed by atoms with E-state index in [4.69, 9.17) is 20.3 Å². The summed E-state index contributed by atoms with van der Waals surface area (Å²) >= 11 is 0. The van der Waals surface area contributed by atoms with Gasteiger partial charge < -0.3 is 35.2 Å². The fourth-order valence-electron chi connectivity index (χ4n) is 1.95. The molecule has 3 N–H and O–H groups in total. The average molecular weight is 485 g/mol. The van der Waals surface area contributed by atoms with Crippen LogP contribution >= 0.6 is 0 Å². The van der Waals surface area contributed by atoms with Gasteiger partial charge in [-0.15, -0.1) is 0 Å². The van der Waals surface area contributed by atoms with E-state index >= 15 is 0 Å². The van der Waals surface area contributed by atoms with E-state index < -0.39 is 18.0 Å². The largest absolute Gasteiger partial charge is 0.462 e. The van der Waals surface area contributed by atoms with Gasteiger partial charge in [0.1, 0.15) is 31.8 Å². The third kappa shape index (κ3) is 12.1. The van der Waals surface area contributed by atoms with Crippen LogP contribution < -0.4 is 5.32 Å². The molecule has 0 saturated heterocycles. The quantitative estimate of drug-likeness (QED) is 0.0716. The number of ether oxygens (including phenoxy) is 2. The van der Waals surface area contributed by atoms with Gasteiger partial charge in [-0.05, 0) is 6.07 Å². The van der Waals surface area contributed by atoms with Crippen molar-refractivity contribution in [2.24, 2.45) is 20.5 Å². The van der Waals surface area contributed by atoms with Crippen LogP contribution in [0, 0.1) is 10.8 Å². The molecule has 15 heteroatoms. The second-order valence-corrected chi connectivity index (χ2v) is 6.06. The molecule has 0 bridgehead atoms. The normalized spacial score (nSPS) is 12.7. The summed E-state index contributed by atoms with van der Waals surface area (Å²) in [5, 5.41) is 31.5. The highest BCUT2D eigenvalue weighted by Gasteiger charge is 2.12. The molecule has 1 rings (SSSR count). The minimum Gasteiger partial charge on any atom is -0.462 e. The molecule has 0 spiro atoms. The molecule has 0 aliphatic carbocycles. The van der Waals surface area contributed by atoms with Crippen molar-refractivity contribution in [3.05, 3.63) is 42.0 Å². The summed E-state index contributed by atoms with van der Waals surface area (Å²) in [5.41, 5.74) is -0.419. The Kier molecular flexibility index (Phi) is 14.3. The number of aldehydes is 2. The Labute approximate surface area is 199 Å². The Morgan fingerprint density at radius 3 is 2.23 bits per heavy atom. The number of hydrogen-bond acceptors (Lipinski definition) is 15. The molecular formula is C20H23N9O6. The molecule has 1 aromatic heterocycles. The zero-order chi connectivity index (χ0) is 25.7. The summed E-state index contributed by atoms with van der Waals surface area (Å²) in [6.07, 6.45) is 7.41. The first-order valence-electron chi connectivity index (χ1n) is 9.97. The SMILES string of the molecule is N=CC(=CN=NC(C=O)CCOC(=O)C(C=N)=CN=NCC=O)C(=O)OCCNc1ncccn1. The van der Waals surface area contributed by atoms with Crippen LogP contribution in [0.1, 0.15) is 6.42 Å². The van der Waals surface area contributed by atoms with Crippen LogP contribution in [-0.2, 0) is 28.7 Å². The number of esters is 2. The summed E-state index contributed by atoms with van der Waals surface area (Å²) in [4.78, 5) is 53.1. The molecule has 0 radical (unpaired) electrons. The van der Waals surface area contributed by atoms with E-state index in [1.165, 1.54) is 0 Å². The van der Waals surface area contributed by atoms with E-state index in [-0.39, 0.29) is 43.9 Å². The van der Waals surface area contributed by atoms with Crippen molar-refractivity contribution in [3.8, 4) is 0 Å². The van der Waals surface area contributed by atoms with Crippen molar-refractivity contribution in [1.29, 1.82) is 10.8 Å². The van der Waals surface area contributed by atoms with E-state index in [2.05, 4.69) is 35.7 Å². The van der Waals surface area contributed by atoms with E-state index in [9.17, 15) is 19.2 Å². The summed E-state index contributed by atoms with van der Waals surface area (Å²) < 4.78 is 9.93. The molecule has 1 aromatic rings. The number of hydrogen-bond donors (Lipinski definition) is 3. The van der Waals surface area contributed by atoms with Gasteiger partial charge in [0.05, 0.1) is 36.7 Å². The van der Waals surface area contributed by atoms with Crippen molar-refractivity contribution in [2.45, 2.75) is 12.5 Å². The van der Waals surface area contributed by atoms with Crippen molar-refractivity contribution in [1.82, 2.24) is 9.97 Å². The van der Waals surface area contributed by atoms with Gasteiger partial charge in [0.2, 0.25) is 5.95 Å². The van der Waals surface area contributed by atoms with Crippen molar-refractivity contribution in [3.63, 3.8) is 0 Å². The Morgan fingerprint density at radius 2 is 1.63 bits per heavy atom. The predicted molar refractivity (Wildman–Crippen MR) is 121 cm³/mol. The Hall–Kier alpha value is -4.82. The summed E-state index contributed by atoms with van der Waals surface area (Å²) in [6, 6.07) is 0.667. The van der Waals surface area contributed by atoms with Gasteiger partial charge in [0, 0.05) is 31.2 Å². The van der Waals surface area contributed by atoms with Crippen LogP contribution in [0.3, 0.4) is 0 Å². The number of carbonyl (C=O) groups is 4. The molecule has 0 aromatic carbocycles. The van der Waals surface area contributed by atoms with Crippen LogP contribution in [0.15, 0.2) is 62.5 Å². The monoisotopic (exact) mass is 485 g/mol. The number of carbonyl (C=O) groups excluding carboxylic acids is 4. The number of nitrogens with zero attached hydrogens (tertiary/aromatic N) is 6. The topological polar surface area (TPSA) is 222 Å². The van der Waals surface area contributed by atoms with Crippen LogP contribution in [-0.4, -0.2) is 79.3 Å². The highest BCUT2D eigenvalue weighted by molar-refractivity contribution is 6.08. The first-order chi connectivity index (χ1) is 17.0. The zero-order valence-electron chi connectivity index (χ0n) is 18.4. The van der Waals surface area contributed by atoms with Crippen molar-refractivity contribution in [2.75, 3.05) is 31.6 Å². The van der Waals surface area contributed by atoms with E-state index in [0.29, 0.717) is 24.7 Å². The molecule has 1 heterocycles. The lowest BCUT2D eigenvalue weighted by atomic mass is 10.2. The highest BCUT2D eigenvalue weighted by Crippen LogP contribution is 2.03. The number of nitrogens with one attached hydrogen (secondary N) is 3. The molecule has 184 valence electrons. The number of rotatable bonds is 17. The second kappa shape index (κ2) is 17.7. The fraction of sp³-hybridized carbons (Fsp3) is 0.300. The predicted octanol–water partition coefficient (Wildman–Crippen LogP) is 1.10. The standard InChI is InChI=1S/C20H23N9O6/c21-10-15(12-27-26-5-7-30)18(32)34-8-2-17(14-31)29-28-13-16(11-22)19(33)35-9-6-25-20-23-3-1-4-24-20/h1,3-4,7,10-14,17,21-22H,2,5-6,8-9H2,(H,23,24,25). The van der Waals surface area contributed by atoms with Gasteiger partial charge in [-0.25, -0.2) is 19.6 Å². The minimum absolute atomic E-state index is 0.0214. The van der Waals surface area contributed by atoms with Gasteiger partial charge in [-0.2, -0.15) is 20.5 Å². The van der Waals surface area contributed by atoms with Gasteiger partial charge >= 0.3 is 11.9 Å². The van der Waals surface area contributed by atoms with Crippen LogP contribution in [0.25, 0.3) is 0 Å². The molecule has 0 fully saturated rings. The average Bonchev–Trinajstić information content (AvgIpc) is 2.88. The van der Waals surface area contributed by atoms with Crippen LogP contribution in [0.5, 0.6) is 0 Å². The Balaban J connectivity index is 2.48. The maximum atomic E-state index is 12.0. The minimum atomic E-state index is -0.989. The Morgan fingerprint density at radius 1 is 1.00 bits per heavy atom. The molecule has 0 aliphatic heterocycles. The maximum absolute atomic E-state index is 12.0. The summed E-state index contributed by atoms with van der Waals surface area (Å²) in [7, 11) is 0. The zero-order valence-corrected chi connectivity index (χ0v) is 18.4. The van der Waals surface area contributed by atoms with E-state index in [0.717, 1.165) is 18.6 Å². The fourth-order valence-corrected chi connectivity index (χ4v) is 1.95. The molecule has 35 heavy (non-hydrogen) atoms. The van der Waals surface area contributed by atoms with Crippen LogP contribution in [0.4, 0.5) is 5.95 Å². The molecular weight excluding hydrogens is 462 g/mol. The first-order valence-corrected chi connectivity index (χ1v) is 9.97. The third-order valence-electron chi connectivity index (χ3n) is 3.62. The van der Waals surface area contributed by atoms with Crippen molar-refractivity contribution >= 4 is 42.9 Å². The smallest absolute Gasteiger partial charge is 0.341 e. The molecule has 0 amide bonds. The highest BCUT2D eigenvalue weighted by atomic mass is 16.5.